The van der Waals surface area contributed by atoms with E-state index in [1.165, 1.54) is 40.8 Å². The maximum atomic E-state index is 12.2. The summed E-state index contributed by atoms with van der Waals surface area (Å²) < 4.78 is 53.3. The van der Waals surface area contributed by atoms with Crippen LogP contribution in [0.4, 0.5) is 13.2 Å². The highest BCUT2D eigenvalue weighted by atomic mass is 19.4. The quantitative estimate of drug-likeness (QED) is 0.210. The SMILES string of the molecule is N#CCn1cc(CCCCc2ccc(OCc3coc(C=Cc4ccc(OC(F)(F)F)cc4)n3)cc2)nn1. The fraction of sp³-hybridized carbons (Fsp3) is 0.259. The molecule has 0 N–H and O–H groups in total. The number of unbranched alkanes of at least 4 members (excludes halogenated alkanes) is 1. The van der Waals surface area contributed by atoms with Crippen molar-refractivity contribution in [3.8, 4) is 17.6 Å². The second-order valence-electron chi connectivity index (χ2n) is 8.33. The lowest BCUT2D eigenvalue weighted by Gasteiger charge is -2.08. The van der Waals surface area contributed by atoms with Crippen molar-refractivity contribution in [3.05, 3.63) is 89.4 Å². The zero-order chi connectivity index (χ0) is 26.8. The predicted octanol–water partition coefficient (Wildman–Crippen LogP) is 6.00. The fourth-order valence-electron chi connectivity index (χ4n) is 3.56. The van der Waals surface area contributed by atoms with Gasteiger partial charge in [-0.3, -0.25) is 0 Å². The van der Waals surface area contributed by atoms with Crippen molar-refractivity contribution in [2.24, 2.45) is 0 Å². The van der Waals surface area contributed by atoms with Gasteiger partial charge in [-0.1, -0.05) is 29.5 Å². The van der Waals surface area contributed by atoms with Gasteiger partial charge in [0.1, 0.15) is 36.6 Å². The number of hydrogen-bond donors (Lipinski definition) is 0. The van der Waals surface area contributed by atoms with Crippen molar-refractivity contribution < 1.29 is 27.1 Å². The molecule has 4 rings (SSSR count). The molecule has 0 atom stereocenters. The van der Waals surface area contributed by atoms with Crippen LogP contribution in [0.25, 0.3) is 12.2 Å². The molecule has 0 aliphatic heterocycles. The lowest BCUT2D eigenvalue weighted by Crippen LogP contribution is -2.16. The highest BCUT2D eigenvalue weighted by molar-refractivity contribution is 5.66. The summed E-state index contributed by atoms with van der Waals surface area (Å²) in [6.45, 7) is 0.438. The number of aromatic nitrogens is 4. The first-order valence-corrected chi connectivity index (χ1v) is 11.8. The number of oxazole rings is 1. The topological polar surface area (TPSA) is 99.0 Å². The first-order valence-electron chi connectivity index (χ1n) is 11.8. The molecule has 38 heavy (non-hydrogen) atoms. The molecule has 0 aliphatic carbocycles. The molecule has 8 nitrogen and oxygen atoms in total. The molecule has 0 saturated carbocycles. The number of ether oxygens (including phenoxy) is 2. The molecule has 196 valence electrons. The Bertz CT molecular complexity index is 1370. The van der Waals surface area contributed by atoms with Crippen LogP contribution < -0.4 is 9.47 Å². The number of nitriles is 1. The molecule has 0 amide bonds. The van der Waals surface area contributed by atoms with Crippen LogP contribution in [0.15, 0.2) is 65.4 Å². The summed E-state index contributed by atoms with van der Waals surface area (Å²) in [6.07, 6.45) is 5.61. The van der Waals surface area contributed by atoms with Crippen LogP contribution in [0.3, 0.4) is 0 Å². The maximum absolute atomic E-state index is 12.2. The Kier molecular flexibility index (Phi) is 8.77. The lowest BCUT2D eigenvalue weighted by atomic mass is 10.1. The van der Waals surface area contributed by atoms with Crippen LogP contribution in [-0.2, 0) is 26.0 Å². The third-order valence-corrected chi connectivity index (χ3v) is 5.38. The van der Waals surface area contributed by atoms with Crippen molar-refractivity contribution in [3.63, 3.8) is 0 Å². The summed E-state index contributed by atoms with van der Waals surface area (Å²) in [5, 5.41) is 16.7. The summed E-state index contributed by atoms with van der Waals surface area (Å²) in [4.78, 5) is 4.33. The van der Waals surface area contributed by atoms with Crippen molar-refractivity contribution in [2.45, 2.75) is 45.2 Å². The van der Waals surface area contributed by atoms with Gasteiger partial charge in [0.15, 0.2) is 0 Å². The number of rotatable bonds is 12. The highest BCUT2D eigenvalue weighted by Gasteiger charge is 2.30. The molecule has 11 heteroatoms. The first kappa shape index (κ1) is 26.5. The normalized spacial score (nSPS) is 11.5. The third-order valence-electron chi connectivity index (χ3n) is 5.38. The van der Waals surface area contributed by atoms with Gasteiger partial charge < -0.3 is 13.9 Å². The third kappa shape index (κ3) is 8.51. The predicted molar refractivity (Wildman–Crippen MR) is 132 cm³/mol. The Balaban J connectivity index is 1.18. The maximum Gasteiger partial charge on any atom is 0.573 e. The monoisotopic (exact) mass is 523 g/mol. The van der Waals surface area contributed by atoms with Gasteiger partial charge in [0.25, 0.3) is 0 Å². The number of nitrogens with zero attached hydrogens (tertiary/aromatic N) is 5. The van der Waals surface area contributed by atoms with Gasteiger partial charge in [-0.05, 0) is 67.2 Å². The fourth-order valence-corrected chi connectivity index (χ4v) is 3.56. The molecule has 2 heterocycles. The van der Waals surface area contributed by atoms with Crippen LogP contribution in [0.1, 0.15) is 41.2 Å². The minimum absolute atomic E-state index is 0.209. The van der Waals surface area contributed by atoms with E-state index in [0.717, 1.165) is 31.4 Å². The zero-order valence-electron chi connectivity index (χ0n) is 20.3. The molecule has 4 aromatic rings. The number of benzene rings is 2. The van der Waals surface area contributed by atoms with Crippen LogP contribution in [-0.4, -0.2) is 26.3 Å². The van der Waals surface area contributed by atoms with Gasteiger partial charge in [0.05, 0.1) is 11.8 Å². The standard InChI is InChI=1S/C27H24F3N5O3/c28-27(29,30)38-25-12-7-21(8-13-25)9-14-26-32-23(19-37-26)18-36-24-10-5-20(6-11-24)3-1-2-4-22-17-35(16-15-31)34-33-22/h5-14,17,19H,1-4,16,18H2. The van der Waals surface area contributed by atoms with E-state index in [1.54, 1.807) is 12.2 Å². The zero-order valence-corrected chi connectivity index (χ0v) is 20.3. The van der Waals surface area contributed by atoms with Gasteiger partial charge in [-0.2, -0.15) is 5.26 Å². The molecule has 0 bridgehead atoms. The molecule has 0 spiro atoms. The average molecular weight is 524 g/mol. The van der Waals surface area contributed by atoms with Crippen LogP contribution in [0.5, 0.6) is 11.5 Å². The van der Waals surface area contributed by atoms with Crippen molar-refractivity contribution in [2.75, 3.05) is 0 Å². The first-order chi connectivity index (χ1) is 18.4. The van der Waals surface area contributed by atoms with Crippen molar-refractivity contribution in [1.29, 1.82) is 5.26 Å². The Hall–Kier alpha value is -4.59. The van der Waals surface area contributed by atoms with E-state index in [2.05, 4.69) is 20.0 Å². The van der Waals surface area contributed by atoms with E-state index in [-0.39, 0.29) is 18.9 Å². The Morgan fingerprint density at radius 2 is 1.68 bits per heavy atom. The lowest BCUT2D eigenvalue weighted by molar-refractivity contribution is -0.274. The molecule has 0 aliphatic rings. The van der Waals surface area contributed by atoms with Gasteiger partial charge in [-0.25, -0.2) is 9.67 Å². The number of aryl methyl sites for hydroxylation is 2. The molecular formula is C27H24F3N5O3. The Labute approximate surface area is 216 Å². The molecule has 2 aromatic carbocycles. The second kappa shape index (κ2) is 12.6. The minimum atomic E-state index is -4.72. The van der Waals surface area contributed by atoms with E-state index in [0.29, 0.717) is 22.9 Å². The Morgan fingerprint density at radius 3 is 2.42 bits per heavy atom. The van der Waals surface area contributed by atoms with Crippen LogP contribution in [0.2, 0.25) is 0 Å². The highest BCUT2D eigenvalue weighted by Crippen LogP contribution is 2.23. The van der Waals surface area contributed by atoms with E-state index in [4.69, 9.17) is 14.4 Å². The summed E-state index contributed by atoms with van der Waals surface area (Å²) in [7, 11) is 0. The smallest absolute Gasteiger partial charge is 0.487 e. The summed E-state index contributed by atoms with van der Waals surface area (Å²) in [5.74, 6) is 0.778. The average Bonchev–Trinajstić information content (AvgIpc) is 3.54. The van der Waals surface area contributed by atoms with E-state index >= 15 is 0 Å². The molecule has 0 unspecified atom stereocenters. The number of halogens is 3. The van der Waals surface area contributed by atoms with E-state index in [9.17, 15) is 13.2 Å². The number of alkyl halides is 3. The van der Waals surface area contributed by atoms with Gasteiger partial charge in [0.2, 0.25) is 5.89 Å². The van der Waals surface area contributed by atoms with Gasteiger partial charge in [0, 0.05) is 12.3 Å². The van der Waals surface area contributed by atoms with Crippen LogP contribution >= 0.6 is 0 Å². The largest absolute Gasteiger partial charge is 0.573 e. The second-order valence-corrected chi connectivity index (χ2v) is 8.33. The molecular weight excluding hydrogens is 499 g/mol. The molecule has 0 fully saturated rings. The minimum Gasteiger partial charge on any atom is -0.487 e. The van der Waals surface area contributed by atoms with E-state index in [1.807, 2.05) is 36.5 Å². The van der Waals surface area contributed by atoms with Crippen molar-refractivity contribution >= 4 is 12.2 Å². The van der Waals surface area contributed by atoms with Crippen molar-refractivity contribution in [1.82, 2.24) is 20.0 Å². The van der Waals surface area contributed by atoms with Crippen LogP contribution in [0, 0.1) is 11.3 Å². The molecule has 2 aromatic heterocycles. The molecule has 0 radical (unpaired) electrons. The van der Waals surface area contributed by atoms with Gasteiger partial charge in [-0.15, -0.1) is 18.3 Å². The Morgan fingerprint density at radius 1 is 0.947 bits per heavy atom. The summed E-state index contributed by atoms with van der Waals surface area (Å²) in [5.41, 5.74) is 3.37. The molecule has 0 saturated heterocycles. The van der Waals surface area contributed by atoms with Gasteiger partial charge >= 0.3 is 6.36 Å². The summed E-state index contributed by atoms with van der Waals surface area (Å²) >= 11 is 0. The van der Waals surface area contributed by atoms with E-state index < -0.39 is 6.36 Å². The summed E-state index contributed by atoms with van der Waals surface area (Å²) in [6, 6.07) is 15.4. The number of hydrogen-bond acceptors (Lipinski definition) is 7.